The molecule has 1 aliphatic rings. The monoisotopic (exact) mass is 551 g/mol. The van der Waals surface area contributed by atoms with E-state index in [4.69, 9.17) is 13.3 Å². The second-order valence-electron chi connectivity index (χ2n) is 5.73. The van der Waals surface area contributed by atoms with Crippen molar-refractivity contribution < 1.29 is 34.3 Å². The van der Waals surface area contributed by atoms with Gasteiger partial charge in [-0.05, 0) is 11.6 Å². The number of hydrogen-bond acceptors (Lipinski definition) is 3. The van der Waals surface area contributed by atoms with E-state index in [0.717, 1.165) is 12.5 Å². The van der Waals surface area contributed by atoms with Gasteiger partial charge in [0.05, 0.1) is 0 Å². The van der Waals surface area contributed by atoms with Crippen molar-refractivity contribution in [2.45, 2.75) is 38.0 Å². The van der Waals surface area contributed by atoms with Crippen molar-refractivity contribution in [2.75, 3.05) is 21.3 Å². The molecule has 0 aromatic rings. The van der Waals surface area contributed by atoms with Gasteiger partial charge in [0, 0.05) is 29.4 Å². The summed E-state index contributed by atoms with van der Waals surface area (Å²) in [5.74, 6) is 0. The third-order valence-corrected chi connectivity index (χ3v) is 10.3. The van der Waals surface area contributed by atoms with E-state index < -0.39 is 16.9 Å². The van der Waals surface area contributed by atoms with Gasteiger partial charge in [0.15, 0.2) is 0 Å². The maximum atomic E-state index is 5.64. The molecule has 0 N–H and O–H groups in total. The van der Waals surface area contributed by atoms with E-state index in [2.05, 4.69) is 38.7 Å². The second kappa shape index (κ2) is 13.4. The molecular formula is C18H36O3PtSi2. The summed E-state index contributed by atoms with van der Waals surface area (Å²) in [6, 6.07) is 1.06. The molecule has 0 heterocycles. The quantitative estimate of drug-likeness (QED) is 0.239. The molecule has 1 unspecified atom stereocenters. The average molecular weight is 552 g/mol. The van der Waals surface area contributed by atoms with Crippen LogP contribution in [0.4, 0.5) is 0 Å². The van der Waals surface area contributed by atoms with Gasteiger partial charge in [0.1, 0.15) is 0 Å². The van der Waals surface area contributed by atoms with Crippen LogP contribution in [0.15, 0.2) is 29.5 Å². The molecule has 24 heavy (non-hydrogen) atoms. The zero-order valence-corrected chi connectivity index (χ0v) is 21.2. The first-order chi connectivity index (χ1) is 9.38. The van der Waals surface area contributed by atoms with Gasteiger partial charge < -0.3 is 35.6 Å². The van der Waals surface area contributed by atoms with Gasteiger partial charge in [-0.15, -0.1) is 13.0 Å². The van der Waals surface area contributed by atoms with Crippen molar-refractivity contribution in [1.29, 1.82) is 0 Å². The molecule has 0 bridgehead atoms. The van der Waals surface area contributed by atoms with Gasteiger partial charge in [0.2, 0.25) is 0 Å². The Bertz CT molecular complexity index is 408. The standard InChI is InChI=1S/C15H27O3Si2.3CH3.Pt/c1-8-12-19(6,7)15-11-9-10-14(15)13(2)20(16-3,17-4)18-5;;;;/h8,10,13H,1,9,12H2,2-7H3;3*1H3;/q4*-1;+4. The topological polar surface area (TPSA) is 27.7 Å². The molecule has 0 saturated heterocycles. The van der Waals surface area contributed by atoms with Crippen LogP contribution < -0.4 is 0 Å². The van der Waals surface area contributed by atoms with Crippen LogP contribution in [0.1, 0.15) is 13.3 Å². The van der Waals surface area contributed by atoms with Crippen molar-refractivity contribution in [2.24, 2.45) is 0 Å². The summed E-state index contributed by atoms with van der Waals surface area (Å²) in [4.78, 5) is 0. The molecule has 1 aliphatic carbocycles. The first kappa shape index (κ1) is 31.9. The van der Waals surface area contributed by atoms with Crippen molar-refractivity contribution in [3.63, 3.8) is 0 Å². The molecule has 0 saturated carbocycles. The van der Waals surface area contributed by atoms with Crippen molar-refractivity contribution in [3.8, 4) is 0 Å². The van der Waals surface area contributed by atoms with Crippen LogP contribution in [-0.2, 0) is 34.3 Å². The predicted octanol–water partition coefficient (Wildman–Crippen LogP) is 5.10. The van der Waals surface area contributed by atoms with Crippen molar-refractivity contribution >= 4 is 16.9 Å². The summed E-state index contributed by atoms with van der Waals surface area (Å²) >= 11 is 0. The number of allylic oxidation sites excluding steroid dienone is 5. The Morgan fingerprint density at radius 1 is 1.17 bits per heavy atom. The minimum Gasteiger partial charge on any atom is -0.377 e. The average Bonchev–Trinajstić information content (AvgIpc) is 2.91. The molecule has 3 nitrogen and oxygen atoms in total. The molecule has 0 fully saturated rings. The third kappa shape index (κ3) is 6.51. The van der Waals surface area contributed by atoms with E-state index in [1.165, 1.54) is 10.8 Å². The van der Waals surface area contributed by atoms with Crippen LogP contribution in [0.25, 0.3) is 0 Å². The van der Waals surface area contributed by atoms with E-state index in [-0.39, 0.29) is 48.9 Å². The van der Waals surface area contributed by atoms with Crippen molar-refractivity contribution in [1.82, 2.24) is 0 Å². The van der Waals surface area contributed by atoms with Gasteiger partial charge in [-0.1, -0.05) is 26.1 Å². The van der Waals surface area contributed by atoms with Crippen LogP contribution in [-0.4, -0.2) is 38.2 Å². The molecule has 1 rings (SSSR count). The first-order valence-corrected chi connectivity index (χ1v) is 12.0. The number of rotatable bonds is 8. The fourth-order valence-electron chi connectivity index (χ4n) is 2.92. The SMILES string of the molecule is C=CC[Si](C)(C)C1=[C-]CC=C1C(C)[Si](OC)(OC)OC.[CH3-].[CH3-].[CH3-].[Pt+4]. The maximum absolute atomic E-state index is 5.64. The molecule has 6 heteroatoms. The van der Waals surface area contributed by atoms with E-state index in [0.29, 0.717) is 0 Å². The summed E-state index contributed by atoms with van der Waals surface area (Å²) in [7, 11) is 0.813. The van der Waals surface area contributed by atoms with Gasteiger partial charge in [-0.2, -0.15) is 11.6 Å². The smallest absolute Gasteiger partial charge is 0.377 e. The fraction of sp³-hybridized carbons (Fsp3) is 0.500. The van der Waals surface area contributed by atoms with E-state index >= 15 is 0 Å². The normalized spacial score (nSPS) is 14.8. The van der Waals surface area contributed by atoms with Crippen LogP contribution in [0.3, 0.4) is 0 Å². The Hall–Kier alpha value is 0.222. The molecule has 0 radical (unpaired) electrons. The summed E-state index contributed by atoms with van der Waals surface area (Å²) in [6.45, 7) is 10.8. The minimum atomic E-state index is -2.66. The van der Waals surface area contributed by atoms with Crippen LogP contribution in [0, 0.1) is 28.4 Å². The van der Waals surface area contributed by atoms with E-state index in [9.17, 15) is 0 Å². The largest absolute Gasteiger partial charge is 4.00 e. The Morgan fingerprint density at radius 3 is 2.00 bits per heavy atom. The molecule has 144 valence electrons. The molecule has 0 aliphatic heterocycles. The Balaban J connectivity index is -0.000000500. The minimum absolute atomic E-state index is 0. The van der Waals surface area contributed by atoms with E-state index in [1.54, 1.807) is 21.3 Å². The zero-order chi connectivity index (χ0) is 15.4. The molecule has 0 amide bonds. The van der Waals surface area contributed by atoms with Gasteiger partial charge >= 0.3 is 29.9 Å². The van der Waals surface area contributed by atoms with Crippen LogP contribution >= 0.6 is 0 Å². The molecule has 0 aromatic heterocycles. The maximum Gasteiger partial charge on any atom is 4.00 e. The van der Waals surface area contributed by atoms with Crippen LogP contribution in [0.2, 0.25) is 24.7 Å². The Morgan fingerprint density at radius 2 is 1.62 bits per heavy atom. The van der Waals surface area contributed by atoms with Gasteiger partial charge in [0.25, 0.3) is 0 Å². The molecular weight excluding hydrogens is 515 g/mol. The van der Waals surface area contributed by atoms with Gasteiger partial charge in [-0.3, -0.25) is 6.08 Å². The Kier molecular flexibility index (Phi) is 17.9. The fourth-order valence-corrected chi connectivity index (χ4v) is 7.88. The summed E-state index contributed by atoms with van der Waals surface area (Å²) in [5.41, 5.74) is 1.44. The summed E-state index contributed by atoms with van der Waals surface area (Å²) < 4.78 is 16.9. The van der Waals surface area contributed by atoms with Crippen molar-refractivity contribution in [3.05, 3.63) is 57.9 Å². The third-order valence-electron chi connectivity index (χ3n) is 4.07. The summed E-state index contributed by atoms with van der Waals surface area (Å²) in [5, 5.41) is 1.38. The predicted molar refractivity (Wildman–Crippen MR) is 107 cm³/mol. The van der Waals surface area contributed by atoms with Gasteiger partial charge in [-0.25, -0.2) is 5.20 Å². The zero-order valence-electron chi connectivity index (χ0n) is 16.9. The second-order valence-corrected chi connectivity index (χ2v) is 13.7. The molecule has 0 spiro atoms. The van der Waals surface area contributed by atoms with Crippen LogP contribution in [0.5, 0.6) is 0 Å². The number of hydrogen-bond donors (Lipinski definition) is 0. The Labute approximate surface area is 168 Å². The first-order valence-electron chi connectivity index (χ1n) is 6.96. The summed E-state index contributed by atoms with van der Waals surface area (Å²) in [6.07, 6.45) is 8.70. The molecule has 1 atom stereocenters. The molecule has 0 aromatic carbocycles. The van der Waals surface area contributed by atoms with E-state index in [1.807, 2.05) is 6.08 Å².